The van der Waals surface area contributed by atoms with E-state index >= 15 is 0 Å². The topological polar surface area (TPSA) is 66.8 Å². The van der Waals surface area contributed by atoms with Crippen molar-refractivity contribution in [3.8, 4) is 0 Å². The second-order valence-corrected chi connectivity index (χ2v) is 9.74. The Bertz CT molecular complexity index is 670. The molecule has 1 atom stereocenters. The molecule has 1 aliphatic rings. The first kappa shape index (κ1) is 28.5. The number of imide groups is 1. The predicted octanol–water partition coefficient (Wildman–Crippen LogP) is 6.92. The van der Waals surface area contributed by atoms with Gasteiger partial charge in [0.25, 0.3) is 11.8 Å². The number of carbonyl (C=O) groups is 2. The van der Waals surface area contributed by atoms with Gasteiger partial charge in [-0.05, 0) is 18.6 Å². The molecule has 0 bridgehead atoms. The van der Waals surface area contributed by atoms with Crippen LogP contribution in [0.25, 0.3) is 0 Å². The Morgan fingerprint density at radius 2 is 1.12 bits per heavy atom. The lowest BCUT2D eigenvalue weighted by atomic mass is 10.0. The molecule has 5 heteroatoms. The van der Waals surface area contributed by atoms with E-state index in [4.69, 9.17) is 4.74 Å². The molecule has 1 aromatic carbocycles. The summed E-state index contributed by atoms with van der Waals surface area (Å²) in [6, 6.07) is 6.17. The lowest BCUT2D eigenvalue weighted by Gasteiger charge is -2.24. The van der Waals surface area contributed by atoms with Gasteiger partial charge in [0.05, 0.1) is 30.4 Å². The minimum atomic E-state index is -0.631. The van der Waals surface area contributed by atoms with E-state index in [1.165, 1.54) is 89.9 Å². The molecule has 0 saturated heterocycles. The van der Waals surface area contributed by atoms with Crippen molar-refractivity contribution in [2.75, 3.05) is 19.8 Å². The van der Waals surface area contributed by atoms with E-state index in [-0.39, 0.29) is 25.0 Å². The zero-order valence-corrected chi connectivity index (χ0v) is 21.4. The van der Waals surface area contributed by atoms with Crippen molar-refractivity contribution in [2.24, 2.45) is 0 Å². The Morgan fingerprint density at radius 3 is 1.53 bits per heavy atom. The summed E-state index contributed by atoms with van der Waals surface area (Å²) in [5.41, 5.74) is 0.813. The summed E-state index contributed by atoms with van der Waals surface area (Å²) in [4.78, 5) is 26.2. The maximum absolute atomic E-state index is 12.5. The van der Waals surface area contributed by atoms with E-state index < -0.39 is 6.04 Å². The number of nitrogens with zero attached hydrogens (tertiary/aromatic N) is 1. The summed E-state index contributed by atoms with van der Waals surface area (Å²) in [6.45, 7) is 2.76. The number of aliphatic hydroxyl groups excluding tert-OH is 1. The fraction of sp³-hybridized carbons (Fsp3) is 0.724. The molecule has 0 aliphatic carbocycles. The first-order valence-corrected chi connectivity index (χ1v) is 13.9. The molecule has 1 heterocycles. The minimum Gasteiger partial charge on any atom is -0.394 e. The number of hydrogen-bond acceptors (Lipinski definition) is 4. The van der Waals surface area contributed by atoms with E-state index in [0.29, 0.717) is 17.7 Å². The summed E-state index contributed by atoms with van der Waals surface area (Å²) in [5.74, 6) is -0.684. The second-order valence-electron chi connectivity index (χ2n) is 9.74. The first-order valence-electron chi connectivity index (χ1n) is 13.9. The third kappa shape index (κ3) is 9.87. The number of ether oxygens (including phenoxy) is 1. The highest BCUT2D eigenvalue weighted by Gasteiger charge is 2.39. The molecular weight excluding hydrogens is 426 g/mol. The monoisotopic (exact) mass is 473 g/mol. The number of fused-ring (bicyclic) bond motifs is 1. The largest absolute Gasteiger partial charge is 0.394 e. The predicted molar refractivity (Wildman–Crippen MR) is 138 cm³/mol. The molecule has 0 aromatic heterocycles. The molecule has 34 heavy (non-hydrogen) atoms. The van der Waals surface area contributed by atoms with Crippen LogP contribution in [0.3, 0.4) is 0 Å². The molecule has 1 aliphatic heterocycles. The number of carbonyl (C=O) groups excluding carboxylic acids is 2. The van der Waals surface area contributed by atoms with Crippen LogP contribution in [-0.2, 0) is 4.74 Å². The lowest BCUT2D eigenvalue weighted by molar-refractivity contribution is 0.0258. The summed E-state index contributed by atoms with van der Waals surface area (Å²) in [5, 5.41) is 9.72. The molecular formula is C29H47NO4. The fourth-order valence-electron chi connectivity index (χ4n) is 4.72. The zero-order valence-electron chi connectivity index (χ0n) is 21.4. The molecule has 2 rings (SSSR count). The first-order chi connectivity index (χ1) is 16.7. The van der Waals surface area contributed by atoms with E-state index in [0.717, 1.165) is 17.7 Å². The van der Waals surface area contributed by atoms with E-state index in [1.807, 2.05) is 0 Å². The smallest absolute Gasteiger partial charge is 0.261 e. The zero-order chi connectivity index (χ0) is 24.4. The Hall–Kier alpha value is -1.72. The molecule has 5 nitrogen and oxygen atoms in total. The van der Waals surface area contributed by atoms with E-state index in [2.05, 4.69) is 6.92 Å². The number of benzene rings is 1. The summed E-state index contributed by atoms with van der Waals surface area (Å²) >= 11 is 0. The van der Waals surface area contributed by atoms with Crippen LogP contribution in [0.1, 0.15) is 130 Å². The Labute approximate surface area is 207 Å². The fourth-order valence-corrected chi connectivity index (χ4v) is 4.72. The van der Waals surface area contributed by atoms with E-state index in [1.54, 1.807) is 24.3 Å². The lowest BCUT2D eigenvalue weighted by Crippen LogP contribution is -2.45. The average Bonchev–Trinajstić information content (AvgIpc) is 3.11. The van der Waals surface area contributed by atoms with Crippen molar-refractivity contribution in [2.45, 2.75) is 116 Å². The summed E-state index contributed by atoms with van der Waals surface area (Å²) in [7, 11) is 0. The van der Waals surface area contributed by atoms with Crippen molar-refractivity contribution >= 4 is 11.8 Å². The SMILES string of the molecule is CCCCCCCCCCCCCCCCCCOC[C@H](CO)N1C(=O)c2ccccc2C1=O. The van der Waals surface area contributed by atoms with Gasteiger partial charge in [-0.3, -0.25) is 14.5 Å². The van der Waals surface area contributed by atoms with Crippen molar-refractivity contribution in [3.05, 3.63) is 35.4 Å². The number of hydrogen-bond donors (Lipinski definition) is 1. The third-order valence-electron chi connectivity index (χ3n) is 6.85. The van der Waals surface area contributed by atoms with Crippen LogP contribution in [0, 0.1) is 0 Å². The molecule has 0 fully saturated rings. The Kier molecular flexibility index (Phi) is 14.8. The molecule has 2 amide bonds. The maximum atomic E-state index is 12.5. The van der Waals surface area contributed by atoms with Crippen molar-refractivity contribution < 1.29 is 19.4 Å². The minimum absolute atomic E-state index is 0.181. The van der Waals surface area contributed by atoms with Crippen LogP contribution >= 0.6 is 0 Å². The van der Waals surface area contributed by atoms with Gasteiger partial charge in [-0.1, -0.05) is 115 Å². The molecule has 192 valence electrons. The van der Waals surface area contributed by atoms with Crippen LogP contribution in [0.2, 0.25) is 0 Å². The van der Waals surface area contributed by atoms with Crippen LogP contribution in [0.15, 0.2) is 24.3 Å². The van der Waals surface area contributed by atoms with Gasteiger partial charge in [-0.15, -0.1) is 0 Å². The molecule has 0 radical (unpaired) electrons. The number of aliphatic hydroxyl groups is 1. The number of unbranched alkanes of at least 4 members (excludes halogenated alkanes) is 15. The van der Waals surface area contributed by atoms with Gasteiger partial charge in [0, 0.05) is 6.61 Å². The third-order valence-corrected chi connectivity index (χ3v) is 6.85. The van der Waals surface area contributed by atoms with Gasteiger partial charge in [0.1, 0.15) is 0 Å². The number of amides is 2. The van der Waals surface area contributed by atoms with Gasteiger partial charge in [-0.2, -0.15) is 0 Å². The van der Waals surface area contributed by atoms with Crippen LogP contribution in [0.5, 0.6) is 0 Å². The van der Waals surface area contributed by atoms with Gasteiger partial charge >= 0.3 is 0 Å². The van der Waals surface area contributed by atoms with Crippen LogP contribution in [-0.4, -0.2) is 47.7 Å². The number of rotatable bonds is 21. The molecule has 0 saturated carbocycles. The quantitative estimate of drug-likeness (QED) is 0.155. The van der Waals surface area contributed by atoms with Crippen molar-refractivity contribution in [1.29, 1.82) is 0 Å². The molecule has 0 unspecified atom stereocenters. The van der Waals surface area contributed by atoms with Gasteiger partial charge in [-0.25, -0.2) is 0 Å². The van der Waals surface area contributed by atoms with Gasteiger partial charge in [0.15, 0.2) is 0 Å². The maximum Gasteiger partial charge on any atom is 0.261 e. The van der Waals surface area contributed by atoms with Crippen LogP contribution < -0.4 is 0 Å². The van der Waals surface area contributed by atoms with Crippen LogP contribution in [0.4, 0.5) is 0 Å². The summed E-state index contributed by atoms with van der Waals surface area (Å²) in [6.07, 6.45) is 21.3. The second kappa shape index (κ2) is 17.7. The highest BCUT2D eigenvalue weighted by molar-refractivity contribution is 6.21. The molecule has 1 N–H and O–H groups in total. The highest BCUT2D eigenvalue weighted by Crippen LogP contribution is 2.24. The molecule has 1 aromatic rings. The van der Waals surface area contributed by atoms with E-state index in [9.17, 15) is 14.7 Å². The summed E-state index contributed by atoms with van der Waals surface area (Å²) < 4.78 is 5.71. The van der Waals surface area contributed by atoms with Crippen molar-refractivity contribution in [3.63, 3.8) is 0 Å². The molecule has 0 spiro atoms. The van der Waals surface area contributed by atoms with Gasteiger partial charge in [0.2, 0.25) is 0 Å². The Morgan fingerprint density at radius 1 is 0.706 bits per heavy atom. The highest BCUT2D eigenvalue weighted by atomic mass is 16.5. The standard InChI is InChI=1S/C29H47NO4/c1-2-3-4-5-6-7-8-9-10-11-12-13-14-15-16-19-22-34-24-25(23-31)30-28(32)26-20-17-18-21-27(26)29(30)33/h17-18,20-21,25,31H,2-16,19,22-24H2,1H3/t25-/m0/s1. The van der Waals surface area contributed by atoms with Gasteiger partial charge < -0.3 is 9.84 Å². The average molecular weight is 474 g/mol. The normalized spacial score (nSPS) is 14.1. The van der Waals surface area contributed by atoms with Crippen molar-refractivity contribution in [1.82, 2.24) is 4.90 Å². The Balaban J connectivity index is 1.41.